The van der Waals surface area contributed by atoms with Crippen molar-refractivity contribution in [3.8, 4) is 5.75 Å². The maximum Gasteiger partial charge on any atom is 0.547 e. The first-order chi connectivity index (χ1) is 15.9. The Morgan fingerprint density at radius 1 is 1.26 bits per heavy atom. The summed E-state index contributed by atoms with van der Waals surface area (Å²) in [5, 5.41) is 22.8. The van der Waals surface area contributed by atoms with Gasteiger partial charge in [-0.2, -0.15) is 13.2 Å². The summed E-state index contributed by atoms with van der Waals surface area (Å²) in [6.07, 6.45) is -8.32. The molecule has 34 heavy (non-hydrogen) atoms. The van der Waals surface area contributed by atoms with E-state index in [1.54, 1.807) is 26.2 Å². The molecular formula is C20H26BF3N2O8. The van der Waals surface area contributed by atoms with Crippen molar-refractivity contribution in [2.75, 3.05) is 20.9 Å². The van der Waals surface area contributed by atoms with Gasteiger partial charge in [0.1, 0.15) is 5.75 Å². The molecule has 188 valence electrons. The third kappa shape index (κ3) is 8.50. The molecule has 0 fully saturated rings. The zero-order chi connectivity index (χ0) is 25.5. The topological polar surface area (TPSA) is 135 Å². The van der Waals surface area contributed by atoms with Crippen LogP contribution >= 0.6 is 0 Å². The number of ether oxygens (including phenoxy) is 2. The molecule has 0 spiro atoms. The van der Waals surface area contributed by atoms with E-state index < -0.39 is 57.0 Å². The van der Waals surface area contributed by atoms with Crippen LogP contribution in [0.15, 0.2) is 18.2 Å². The lowest BCUT2D eigenvalue weighted by molar-refractivity contribution is -0.187. The number of nitrogens with zero attached hydrogens (tertiary/aromatic N) is 1. The molecule has 0 bridgehead atoms. The molecule has 1 aliphatic rings. The van der Waals surface area contributed by atoms with Crippen LogP contribution in [-0.2, 0) is 30.3 Å². The lowest BCUT2D eigenvalue weighted by atomic mass is 9.72. The summed E-state index contributed by atoms with van der Waals surface area (Å²) in [5.74, 6) is -2.76. The van der Waals surface area contributed by atoms with E-state index in [4.69, 9.17) is 14.1 Å². The Morgan fingerprint density at radius 3 is 2.62 bits per heavy atom. The monoisotopic (exact) mass is 490 g/mol. The molecule has 0 saturated heterocycles. The number of benzene rings is 1. The van der Waals surface area contributed by atoms with Crippen molar-refractivity contribution >= 4 is 24.9 Å². The van der Waals surface area contributed by atoms with Crippen LogP contribution in [0.4, 0.5) is 13.2 Å². The molecule has 1 heterocycles. The summed E-state index contributed by atoms with van der Waals surface area (Å²) in [5.41, 5.74) is 0.572. The van der Waals surface area contributed by atoms with Crippen molar-refractivity contribution in [2.24, 2.45) is 0 Å². The second-order valence-electron chi connectivity index (χ2n) is 7.78. The zero-order valence-electron chi connectivity index (χ0n) is 18.6. The quantitative estimate of drug-likeness (QED) is 0.250. The van der Waals surface area contributed by atoms with Gasteiger partial charge in [0, 0.05) is 32.5 Å². The number of nitrogens with one attached hydrogen (secondary N) is 1. The van der Waals surface area contributed by atoms with Crippen LogP contribution in [0.2, 0.25) is 0 Å². The summed E-state index contributed by atoms with van der Waals surface area (Å²) >= 11 is 0. The van der Waals surface area contributed by atoms with Crippen LogP contribution in [0.1, 0.15) is 43.1 Å². The van der Waals surface area contributed by atoms with Gasteiger partial charge in [0.2, 0.25) is 11.8 Å². The number of fused-ring (bicyclic) bond motifs is 1. The number of hydrogen-bond donors (Lipinski definition) is 3. The number of halogens is 3. The summed E-state index contributed by atoms with van der Waals surface area (Å²) in [6, 6.07) is 4.58. The first-order valence-electron chi connectivity index (χ1n) is 10.4. The largest absolute Gasteiger partial charge is 0.547 e. The number of carbonyl (C=O) groups is 3. The first kappa shape index (κ1) is 27.4. The van der Waals surface area contributed by atoms with Crippen molar-refractivity contribution in [3.05, 3.63) is 29.3 Å². The second-order valence-corrected chi connectivity index (χ2v) is 7.78. The predicted molar refractivity (Wildman–Crippen MR) is 111 cm³/mol. The Bertz CT molecular complexity index is 884. The van der Waals surface area contributed by atoms with E-state index in [1.165, 1.54) is 11.0 Å². The Hall–Kier alpha value is -2.84. The van der Waals surface area contributed by atoms with E-state index >= 15 is 0 Å². The molecule has 1 unspecified atom stereocenters. The van der Waals surface area contributed by atoms with Gasteiger partial charge in [0.15, 0.2) is 13.1 Å². The van der Waals surface area contributed by atoms with E-state index in [1.807, 2.05) is 0 Å². The number of aliphatic hydroxyl groups is 1. The lowest BCUT2D eigenvalue weighted by Crippen LogP contribution is -2.53. The average Bonchev–Trinajstić information content (AvgIpc) is 2.75. The standard InChI is InChI=1S/C20H26BF3N2O8/c1-26(2)16(28)6-7-17(29)32-11-33-19(30)13-5-3-4-12-10-14(21(31)34-18(12)13)25-15(27)8-9-20(22,23)24/h3-5,14,19,30-31H,6-11H2,1-2H3,(H,25,27)/t14-,19?/m0/s1. The van der Waals surface area contributed by atoms with Gasteiger partial charge in [0.25, 0.3) is 0 Å². The molecule has 14 heteroatoms. The predicted octanol–water partition coefficient (Wildman–Crippen LogP) is 0.845. The highest BCUT2D eigenvalue weighted by molar-refractivity contribution is 6.46. The minimum atomic E-state index is -4.48. The molecule has 0 saturated carbocycles. The van der Waals surface area contributed by atoms with Gasteiger partial charge in [-0.25, -0.2) is 0 Å². The number of aliphatic hydroxyl groups excluding tert-OH is 1. The smallest absolute Gasteiger partial charge is 0.534 e. The number of hydrogen-bond acceptors (Lipinski definition) is 8. The molecule has 2 rings (SSSR count). The Morgan fingerprint density at radius 2 is 1.97 bits per heavy atom. The van der Waals surface area contributed by atoms with Crippen LogP contribution in [0, 0.1) is 0 Å². The lowest BCUT2D eigenvalue weighted by Gasteiger charge is -2.30. The Labute approximate surface area is 194 Å². The fraction of sp³-hybridized carbons (Fsp3) is 0.550. The van der Waals surface area contributed by atoms with Gasteiger partial charge < -0.3 is 34.5 Å². The SMILES string of the molecule is CN(C)C(=O)CCC(=O)OCOC(O)c1cccc2c1OB(O)[C@@H](NC(=O)CCC(F)(F)F)C2. The number of para-hydroxylation sites is 1. The third-order valence-corrected chi connectivity index (χ3v) is 4.89. The minimum Gasteiger partial charge on any atom is -0.534 e. The molecular weight excluding hydrogens is 464 g/mol. The summed E-state index contributed by atoms with van der Waals surface area (Å²) < 4.78 is 52.2. The van der Waals surface area contributed by atoms with Crippen LogP contribution in [0.3, 0.4) is 0 Å². The molecule has 2 atom stereocenters. The van der Waals surface area contributed by atoms with E-state index in [0.29, 0.717) is 5.56 Å². The number of amides is 2. The van der Waals surface area contributed by atoms with E-state index in [-0.39, 0.29) is 36.5 Å². The fourth-order valence-corrected chi connectivity index (χ4v) is 3.06. The Kier molecular flexibility index (Phi) is 9.71. The molecule has 1 aliphatic heterocycles. The van der Waals surface area contributed by atoms with Gasteiger partial charge in [-0.3, -0.25) is 14.4 Å². The van der Waals surface area contributed by atoms with Gasteiger partial charge in [-0.1, -0.05) is 18.2 Å². The molecule has 1 aromatic rings. The molecule has 0 aliphatic carbocycles. The number of esters is 1. The molecule has 0 aromatic heterocycles. The maximum atomic E-state index is 12.3. The first-order valence-corrected chi connectivity index (χ1v) is 10.4. The van der Waals surface area contributed by atoms with Crippen LogP contribution in [0.5, 0.6) is 5.75 Å². The van der Waals surface area contributed by atoms with Gasteiger partial charge in [-0.05, 0) is 12.0 Å². The zero-order valence-corrected chi connectivity index (χ0v) is 18.6. The molecule has 10 nitrogen and oxygen atoms in total. The second kappa shape index (κ2) is 12.0. The minimum absolute atomic E-state index is 0.0315. The maximum absolute atomic E-state index is 12.3. The summed E-state index contributed by atoms with van der Waals surface area (Å²) in [7, 11) is 1.52. The van der Waals surface area contributed by atoms with Crippen molar-refractivity contribution < 1.29 is 51.8 Å². The highest BCUT2D eigenvalue weighted by Gasteiger charge is 2.38. The van der Waals surface area contributed by atoms with Crippen molar-refractivity contribution in [1.82, 2.24) is 10.2 Å². The molecule has 2 amide bonds. The summed E-state index contributed by atoms with van der Waals surface area (Å²) in [6.45, 7) is -0.611. The third-order valence-electron chi connectivity index (χ3n) is 4.89. The number of rotatable bonds is 10. The van der Waals surface area contributed by atoms with Crippen LogP contribution < -0.4 is 9.97 Å². The number of alkyl halides is 3. The molecule has 3 N–H and O–H groups in total. The van der Waals surface area contributed by atoms with E-state index in [0.717, 1.165) is 0 Å². The highest BCUT2D eigenvalue weighted by atomic mass is 19.4. The molecule has 1 aromatic carbocycles. The normalized spacial score (nSPS) is 16.2. The Balaban J connectivity index is 1.90. The summed E-state index contributed by atoms with van der Waals surface area (Å²) in [4.78, 5) is 36.3. The van der Waals surface area contributed by atoms with Gasteiger partial charge in [-0.15, -0.1) is 0 Å². The molecule has 0 radical (unpaired) electrons. The fourth-order valence-electron chi connectivity index (χ4n) is 3.06. The van der Waals surface area contributed by atoms with Crippen LogP contribution in [-0.4, -0.2) is 72.9 Å². The van der Waals surface area contributed by atoms with E-state index in [2.05, 4.69) is 5.32 Å². The van der Waals surface area contributed by atoms with Gasteiger partial charge >= 0.3 is 19.3 Å². The highest BCUT2D eigenvalue weighted by Crippen LogP contribution is 2.34. The average molecular weight is 490 g/mol. The van der Waals surface area contributed by atoms with E-state index in [9.17, 15) is 37.7 Å². The van der Waals surface area contributed by atoms with Crippen LogP contribution in [0.25, 0.3) is 0 Å². The van der Waals surface area contributed by atoms with Crippen molar-refractivity contribution in [1.29, 1.82) is 0 Å². The van der Waals surface area contributed by atoms with Gasteiger partial charge in [0.05, 0.1) is 18.8 Å². The van der Waals surface area contributed by atoms with Crippen molar-refractivity contribution in [3.63, 3.8) is 0 Å². The number of carbonyl (C=O) groups excluding carboxylic acids is 3. The van der Waals surface area contributed by atoms with Crippen molar-refractivity contribution in [2.45, 2.75) is 50.5 Å².